The van der Waals surface area contributed by atoms with Gasteiger partial charge in [0.25, 0.3) is 0 Å². The highest BCUT2D eigenvalue weighted by molar-refractivity contribution is 5.30. The van der Waals surface area contributed by atoms with Crippen LogP contribution in [0.25, 0.3) is 0 Å². The first kappa shape index (κ1) is 18.7. The summed E-state index contributed by atoms with van der Waals surface area (Å²) in [7, 11) is 0. The highest BCUT2D eigenvalue weighted by Crippen LogP contribution is 2.39. The molecular formula is C20H27F3O2. The molecule has 140 valence electrons. The Morgan fingerprint density at radius 1 is 0.960 bits per heavy atom. The molecule has 3 rings (SSSR count). The fraction of sp³-hybridized carbons (Fsp3) is 0.700. The molecule has 0 radical (unpaired) electrons. The minimum absolute atomic E-state index is 0.0439. The number of hydrogen-bond acceptors (Lipinski definition) is 2. The molecule has 1 aromatic rings. The van der Waals surface area contributed by atoms with E-state index < -0.39 is 23.7 Å². The molecule has 1 heterocycles. The second kappa shape index (κ2) is 8.09. The van der Waals surface area contributed by atoms with Crippen LogP contribution in [0.2, 0.25) is 0 Å². The fourth-order valence-corrected chi connectivity index (χ4v) is 4.28. The van der Waals surface area contributed by atoms with E-state index in [2.05, 4.69) is 6.92 Å². The summed E-state index contributed by atoms with van der Waals surface area (Å²) in [5.41, 5.74) is 0.281. The van der Waals surface area contributed by atoms with Gasteiger partial charge in [0.2, 0.25) is 0 Å². The molecule has 1 aliphatic carbocycles. The average Bonchev–Trinajstić information content (AvgIpc) is 2.64. The topological polar surface area (TPSA) is 18.5 Å². The molecule has 2 aliphatic rings. The zero-order valence-electron chi connectivity index (χ0n) is 15.0. The Morgan fingerprint density at radius 3 is 2.20 bits per heavy atom. The Balaban J connectivity index is 1.58. The SMILES string of the molecule is CCCC1CCC(C2COC(c3cc(F)c(F)c(F)c3C)OC2)CC1. The molecule has 1 saturated carbocycles. The largest absolute Gasteiger partial charge is 0.348 e. The zero-order valence-corrected chi connectivity index (χ0v) is 15.0. The Morgan fingerprint density at radius 2 is 1.60 bits per heavy atom. The Kier molecular flexibility index (Phi) is 6.05. The molecule has 2 fully saturated rings. The van der Waals surface area contributed by atoms with Gasteiger partial charge in [-0.25, -0.2) is 13.2 Å². The average molecular weight is 356 g/mol. The van der Waals surface area contributed by atoms with Crippen molar-refractivity contribution in [3.63, 3.8) is 0 Å². The maximum absolute atomic E-state index is 13.7. The van der Waals surface area contributed by atoms with Crippen LogP contribution in [0, 0.1) is 42.1 Å². The second-order valence-corrected chi connectivity index (χ2v) is 7.53. The summed E-state index contributed by atoms with van der Waals surface area (Å²) in [5, 5.41) is 0. The molecule has 0 aromatic heterocycles. The van der Waals surface area contributed by atoms with Crippen molar-refractivity contribution in [1.82, 2.24) is 0 Å². The fourth-order valence-electron chi connectivity index (χ4n) is 4.28. The molecule has 5 heteroatoms. The van der Waals surface area contributed by atoms with E-state index in [1.54, 1.807) is 0 Å². The summed E-state index contributed by atoms with van der Waals surface area (Å²) in [4.78, 5) is 0. The second-order valence-electron chi connectivity index (χ2n) is 7.53. The van der Waals surface area contributed by atoms with Crippen LogP contribution in [-0.2, 0) is 9.47 Å². The van der Waals surface area contributed by atoms with Crippen LogP contribution < -0.4 is 0 Å². The van der Waals surface area contributed by atoms with Crippen LogP contribution in [0.3, 0.4) is 0 Å². The van der Waals surface area contributed by atoms with Gasteiger partial charge < -0.3 is 9.47 Å². The lowest BCUT2D eigenvalue weighted by Crippen LogP contribution is -2.34. The Labute approximate surface area is 147 Å². The molecule has 1 saturated heterocycles. The smallest absolute Gasteiger partial charge is 0.194 e. The molecule has 0 bridgehead atoms. The first-order chi connectivity index (χ1) is 12.0. The Bertz CT molecular complexity index is 589. The molecule has 25 heavy (non-hydrogen) atoms. The molecule has 0 amide bonds. The number of hydrogen-bond donors (Lipinski definition) is 0. The van der Waals surface area contributed by atoms with Gasteiger partial charge >= 0.3 is 0 Å². The van der Waals surface area contributed by atoms with Crippen molar-refractivity contribution in [3.05, 3.63) is 34.6 Å². The monoisotopic (exact) mass is 356 g/mol. The van der Waals surface area contributed by atoms with Crippen LogP contribution in [-0.4, -0.2) is 13.2 Å². The minimum atomic E-state index is -1.45. The number of ether oxygens (including phenoxy) is 2. The molecular weight excluding hydrogens is 329 g/mol. The van der Waals surface area contributed by atoms with E-state index in [0.29, 0.717) is 25.0 Å². The highest BCUT2D eigenvalue weighted by atomic mass is 19.2. The van der Waals surface area contributed by atoms with Crippen LogP contribution >= 0.6 is 0 Å². The normalized spacial score (nSPS) is 30.4. The zero-order chi connectivity index (χ0) is 18.0. The molecule has 1 aliphatic heterocycles. The van der Waals surface area contributed by atoms with Crippen LogP contribution in [0.15, 0.2) is 6.07 Å². The van der Waals surface area contributed by atoms with E-state index in [9.17, 15) is 13.2 Å². The molecule has 0 spiro atoms. The number of benzene rings is 1. The van der Waals surface area contributed by atoms with Crippen molar-refractivity contribution in [2.24, 2.45) is 17.8 Å². The summed E-state index contributed by atoms with van der Waals surface area (Å²) in [6.07, 6.45) is 6.68. The molecule has 0 atom stereocenters. The van der Waals surface area contributed by atoms with E-state index in [0.717, 1.165) is 12.0 Å². The van der Waals surface area contributed by atoms with Gasteiger partial charge in [0.1, 0.15) is 0 Å². The standard InChI is InChI=1S/C20H27F3O2/c1-3-4-13-5-7-14(8-6-13)15-10-24-20(25-11-15)16-9-17(21)19(23)18(22)12(16)2/h9,13-15,20H,3-8,10-11H2,1-2H3. The summed E-state index contributed by atoms with van der Waals surface area (Å²) in [6.45, 7) is 4.70. The molecule has 0 N–H and O–H groups in total. The van der Waals surface area contributed by atoms with Gasteiger partial charge in [-0.05, 0) is 43.2 Å². The van der Waals surface area contributed by atoms with E-state index in [-0.39, 0.29) is 11.1 Å². The van der Waals surface area contributed by atoms with E-state index in [1.165, 1.54) is 45.4 Å². The first-order valence-corrected chi connectivity index (χ1v) is 9.38. The van der Waals surface area contributed by atoms with Gasteiger partial charge in [0.15, 0.2) is 23.7 Å². The van der Waals surface area contributed by atoms with Gasteiger partial charge in [0.05, 0.1) is 13.2 Å². The summed E-state index contributed by atoms with van der Waals surface area (Å²) < 4.78 is 52.1. The van der Waals surface area contributed by atoms with E-state index in [4.69, 9.17) is 9.47 Å². The lowest BCUT2D eigenvalue weighted by molar-refractivity contribution is -0.215. The van der Waals surface area contributed by atoms with Gasteiger partial charge in [-0.15, -0.1) is 0 Å². The van der Waals surface area contributed by atoms with Crippen molar-refractivity contribution in [3.8, 4) is 0 Å². The predicted molar refractivity (Wildman–Crippen MR) is 89.5 cm³/mol. The van der Waals surface area contributed by atoms with Crippen molar-refractivity contribution in [2.45, 2.75) is 58.7 Å². The van der Waals surface area contributed by atoms with Gasteiger partial charge in [0, 0.05) is 11.5 Å². The van der Waals surface area contributed by atoms with Crippen LogP contribution in [0.5, 0.6) is 0 Å². The summed E-state index contributed by atoms with van der Waals surface area (Å²) in [6, 6.07) is 0.981. The molecule has 1 aromatic carbocycles. The minimum Gasteiger partial charge on any atom is -0.348 e. The highest BCUT2D eigenvalue weighted by Gasteiger charge is 2.33. The van der Waals surface area contributed by atoms with E-state index in [1.807, 2.05) is 0 Å². The lowest BCUT2D eigenvalue weighted by atomic mass is 9.75. The van der Waals surface area contributed by atoms with Crippen LogP contribution in [0.1, 0.15) is 62.9 Å². The van der Waals surface area contributed by atoms with E-state index >= 15 is 0 Å². The first-order valence-electron chi connectivity index (χ1n) is 9.38. The quantitative estimate of drug-likeness (QED) is 0.646. The third-order valence-corrected chi connectivity index (χ3v) is 5.88. The molecule has 0 unspecified atom stereocenters. The number of rotatable bonds is 4. The van der Waals surface area contributed by atoms with Gasteiger partial charge in [-0.3, -0.25) is 0 Å². The van der Waals surface area contributed by atoms with Gasteiger partial charge in [-0.1, -0.05) is 32.6 Å². The number of halogens is 3. The molecule has 2 nitrogen and oxygen atoms in total. The third-order valence-electron chi connectivity index (χ3n) is 5.88. The van der Waals surface area contributed by atoms with Crippen molar-refractivity contribution in [2.75, 3.05) is 13.2 Å². The predicted octanol–water partition coefficient (Wildman–Crippen LogP) is 5.68. The lowest BCUT2D eigenvalue weighted by Gasteiger charge is -2.38. The maximum atomic E-state index is 13.7. The summed E-state index contributed by atoms with van der Waals surface area (Å²) in [5.74, 6) is -2.04. The Hall–Kier alpha value is -1.07. The summed E-state index contributed by atoms with van der Waals surface area (Å²) >= 11 is 0. The maximum Gasteiger partial charge on any atom is 0.194 e. The van der Waals surface area contributed by atoms with Crippen LogP contribution in [0.4, 0.5) is 13.2 Å². The van der Waals surface area contributed by atoms with Crippen molar-refractivity contribution < 1.29 is 22.6 Å². The third kappa shape index (κ3) is 4.03. The van der Waals surface area contributed by atoms with Crippen molar-refractivity contribution in [1.29, 1.82) is 0 Å². The van der Waals surface area contributed by atoms with Gasteiger partial charge in [-0.2, -0.15) is 0 Å². The van der Waals surface area contributed by atoms with Crippen molar-refractivity contribution >= 4 is 0 Å².